The molecule has 0 atom stereocenters. The number of benzene rings is 3. The highest BCUT2D eigenvalue weighted by Crippen LogP contribution is 2.34. The van der Waals surface area contributed by atoms with Crippen molar-refractivity contribution in [1.29, 1.82) is 0 Å². The molecule has 1 aromatic heterocycles. The van der Waals surface area contributed by atoms with Crippen molar-refractivity contribution in [2.45, 2.75) is 6.42 Å². The number of ether oxygens (including phenoxy) is 1. The zero-order chi connectivity index (χ0) is 14.9. The minimum absolute atomic E-state index is 0.891. The summed E-state index contributed by atoms with van der Waals surface area (Å²) in [5.41, 5.74) is 2.59. The lowest BCUT2D eigenvalue weighted by atomic mass is 9.97. The molecule has 1 nitrogen and oxygen atoms in total. The zero-order valence-electron chi connectivity index (χ0n) is 12.4. The summed E-state index contributed by atoms with van der Waals surface area (Å²) in [7, 11) is 1.74. The first-order valence-corrected chi connectivity index (χ1v) is 8.24. The van der Waals surface area contributed by atoms with Crippen LogP contribution in [0.25, 0.3) is 20.9 Å². The van der Waals surface area contributed by atoms with Gasteiger partial charge in [0, 0.05) is 11.1 Å². The van der Waals surface area contributed by atoms with Crippen LogP contribution < -0.4 is 4.74 Å². The molecule has 0 unspecified atom stereocenters. The SMILES string of the molecule is COc1ccccc1Cc1cc2ccccc2c2sccc12. The average Bonchev–Trinajstić information content (AvgIpc) is 3.06. The van der Waals surface area contributed by atoms with Crippen LogP contribution in [0.1, 0.15) is 11.1 Å². The Balaban J connectivity index is 1.92. The van der Waals surface area contributed by atoms with Crippen LogP contribution in [-0.4, -0.2) is 7.11 Å². The van der Waals surface area contributed by atoms with Gasteiger partial charge in [-0.15, -0.1) is 11.3 Å². The monoisotopic (exact) mass is 304 g/mol. The fourth-order valence-corrected chi connectivity index (χ4v) is 4.05. The van der Waals surface area contributed by atoms with Crippen LogP contribution in [0.2, 0.25) is 0 Å². The summed E-state index contributed by atoms with van der Waals surface area (Å²) in [4.78, 5) is 0. The number of hydrogen-bond donors (Lipinski definition) is 0. The van der Waals surface area contributed by atoms with Crippen molar-refractivity contribution in [2.75, 3.05) is 7.11 Å². The molecule has 0 saturated heterocycles. The third kappa shape index (κ3) is 2.16. The van der Waals surface area contributed by atoms with Crippen molar-refractivity contribution < 1.29 is 4.74 Å². The van der Waals surface area contributed by atoms with Crippen LogP contribution in [0.4, 0.5) is 0 Å². The fraction of sp³-hybridized carbons (Fsp3) is 0.100. The highest BCUT2D eigenvalue weighted by molar-refractivity contribution is 7.18. The Morgan fingerprint density at radius 2 is 1.68 bits per heavy atom. The van der Waals surface area contributed by atoms with Crippen LogP contribution in [0.3, 0.4) is 0 Å². The second-order valence-corrected chi connectivity index (χ2v) is 6.32. The van der Waals surface area contributed by atoms with Crippen molar-refractivity contribution in [3.63, 3.8) is 0 Å². The van der Waals surface area contributed by atoms with Gasteiger partial charge in [0.2, 0.25) is 0 Å². The molecule has 108 valence electrons. The molecule has 0 N–H and O–H groups in total. The van der Waals surface area contributed by atoms with Crippen LogP contribution >= 0.6 is 11.3 Å². The normalized spacial score (nSPS) is 11.1. The zero-order valence-corrected chi connectivity index (χ0v) is 13.2. The van der Waals surface area contributed by atoms with Gasteiger partial charge in [-0.2, -0.15) is 0 Å². The van der Waals surface area contributed by atoms with E-state index in [1.807, 2.05) is 23.5 Å². The largest absolute Gasteiger partial charge is 0.496 e. The van der Waals surface area contributed by atoms with E-state index < -0.39 is 0 Å². The van der Waals surface area contributed by atoms with Crippen molar-refractivity contribution in [3.8, 4) is 5.75 Å². The van der Waals surface area contributed by atoms with Crippen LogP contribution in [0.15, 0.2) is 66.0 Å². The third-order valence-corrected chi connectivity index (χ3v) is 5.07. The molecule has 4 rings (SSSR count). The first-order chi connectivity index (χ1) is 10.9. The summed E-state index contributed by atoms with van der Waals surface area (Å²) >= 11 is 1.82. The van der Waals surface area contributed by atoms with E-state index in [-0.39, 0.29) is 0 Å². The molecule has 3 aromatic carbocycles. The maximum atomic E-state index is 5.50. The van der Waals surface area contributed by atoms with Gasteiger partial charge in [0.15, 0.2) is 0 Å². The van der Waals surface area contributed by atoms with Crippen LogP contribution in [-0.2, 0) is 6.42 Å². The molecular formula is C20H16OS. The number of methoxy groups -OCH3 is 1. The quantitative estimate of drug-likeness (QED) is 0.475. The molecule has 0 aliphatic rings. The maximum absolute atomic E-state index is 5.50. The fourth-order valence-electron chi connectivity index (χ4n) is 3.07. The number of para-hydroxylation sites is 1. The molecule has 0 saturated carbocycles. The van der Waals surface area contributed by atoms with Gasteiger partial charge < -0.3 is 4.74 Å². The van der Waals surface area contributed by atoms with Gasteiger partial charge in [-0.25, -0.2) is 0 Å². The predicted molar refractivity (Wildman–Crippen MR) is 95.1 cm³/mol. The van der Waals surface area contributed by atoms with Gasteiger partial charge >= 0.3 is 0 Å². The molecule has 0 radical (unpaired) electrons. The number of thiophene rings is 1. The Bertz CT molecular complexity index is 952. The summed E-state index contributed by atoms with van der Waals surface area (Å²) in [6, 6.07) is 21.4. The highest BCUT2D eigenvalue weighted by atomic mass is 32.1. The third-order valence-electron chi connectivity index (χ3n) is 4.12. The smallest absolute Gasteiger partial charge is 0.122 e. The van der Waals surface area contributed by atoms with E-state index in [0.717, 1.165) is 12.2 Å². The first-order valence-electron chi connectivity index (χ1n) is 7.36. The van der Waals surface area contributed by atoms with Crippen molar-refractivity contribution in [3.05, 3.63) is 77.2 Å². The topological polar surface area (TPSA) is 9.23 Å². The van der Waals surface area contributed by atoms with Gasteiger partial charge in [0.25, 0.3) is 0 Å². The Morgan fingerprint density at radius 3 is 2.59 bits per heavy atom. The lowest BCUT2D eigenvalue weighted by molar-refractivity contribution is 0.410. The van der Waals surface area contributed by atoms with E-state index in [1.54, 1.807) is 7.11 Å². The average molecular weight is 304 g/mol. The van der Waals surface area contributed by atoms with Crippen molar-refractivity contribution in [1.82, 2.24) is 0 Å². The molecule has 1 heterocycles. The van der Waals surface area contributed by atoms with Gasteiger partial charge in [-0.3, -0.25) is 0 Å². The summed E-state index contributed by atoms with van der Waals surface area (Å²) in [5.74, 6) is 0.957. The van der Waals surface area contributed by atoms with Crippen molar-refractivity contribution >= 4 is 32.2 Å². The summed E-state index contributed by atoms with van der Waals surface area (Å²) < 4.78 is 6.88. The first kappa shape index (κ1) is 13.4. The molecule has 0 aliphatic heterocycles. The van der Waals surface area contributed by atoms with E-state index in [2.05, 4.69) is 53.9 Å². The standard InChI is InChI=1S/C20H16OS/c1-21-19-9-5-3-7-15(19)13-16-12-14-6-2-4-8-17(14)20-18(16)10-11-22-20/h2-12H,13H2,1H3. The van der Waals surface area contributed by atoms with Gasteiger partial charge in [-0.05, 0) is 44.8 Å². The molecule has 0 fully saturated rings. The molecule has 4 aromatic rings. The van der Waals surface area contributed by atoms with Crippen LogP contribution in [0, 0.1) is 0 Å². The Labute approximate surface area is 133 Å². The summed E-state index contributed by atoms with van der Waals surface area (Å²) in [6.07, 6.45) is 0.891. The van der Waals surface area contributed by atoms with E-state index in [4.69, 9.17) is 4.74 Å². The Hall–Kier alpha value is -2.32. The number of rotatable bonds is 3. The lowest BCUT2D eigenvalue weighted by Gasteiger charge is -2.11. The van der Waals surface area contributed by atoms with Gasteiger partial charge in [0.1, 0.15) is 5.75 Å². The molecule has 0 bridgehead atoms. The maximum Gasteiger partial charge on any atom is 0.122 e. The minimum atomic E-state index is 0.891. The predicted octanol–water partition coefficient (Wildman–Crippen LogP) is 5.65. The van der Waals surface area contributed by atoms with E-state index >= 15 is 0 Å². The van der Waals surface area contributed by atoms with Gasteiger partial charge in [-0.1, -0.05) is 48.5 Å². The van der Waals surface area contributed by atoms with E-state index in [1.165, 1.54) is 32.0 Å². The molecule has 2 heteroatoms. The molecule has 0 aliphatic carbocycles. The molecular weight excluding hydrogens is 288 g/mol. The highest BCUT2D eigenvalue weighted by Gasteiger charge is 2.10. The lowest BCUT2D eigenvalue weighted by Crippen LogP contribution is -1.94. The molecule has 0 spiro atoms. The van der Waals surface area contributed by atoms with Crippen molar-refractivity contribution in [2.24, 2.45) is 0 Å². The van der Waals surface area contributed by atoms with Crippen LogP contribution in [0.5, 0.6) is 5.75 Å². The number of fused-ring (bicyclic) bond motifs is 3. The Kier molecular flexibility index (Phi) is 3.32. The minimum Gasteiger partial charge on any atom is -0.496 e. The summed E-state index contributed by atoms with van der Waals surface area (Å²) in [6.45, 7) is 0. The second-order valence-electron chi connectivity index (χ2n) is 5.41. The van der Waals surface area contributed by atoms with E-state index in [0.29, 0.717) is 0 Å². The van der Waals surface area contributed by atoms with Gasteiger partial charge in [0.05, 0.1) is 7.11 Å². The molecule has 22 heavy (non-hydrogen) atoms. The summed E-state index contributed by atoms with van der Waals surface area (Å²) in [5, 5.41) is 6.19. The molecule has 0 amide bonds. The Morgan fingerprint density at radius 1 is 0.864 bits per heavy atom. The second kappa shape index (κ2) is 5.47. The van der Waals surface area contributed by atoms with E-state index in [9.17, 15) is 0 Å². The number of hydrogen-bond acceptors (Lipinski definition) is 2.